The predicted octanol–water partition coefficient (Wildman–Crippen LogP) is 6.50. The highest BCUT2D eigenvalue weighted by Gasteiger charge is 2.32. The van der Waals surface area contributed by atoms with Crippen LogP contribution in [0.3, 0.4) is 0 Å². The highest BCUT2D eigenvalue weighted by molar-refractivity contribution is 6.38. The molecule has 3 rings (SSSR count). The second kappa shape index (κ2) is 16.8. The van der Waals surface area contributed by atoms with E-state index in [1.807, 2.05) is 43.3 Å². The zero-order valence-electron chi connectivity index (χ0n) is 24.6. The van der Waals surface area contributed by atoms with Crippen molar-refractivity contribution in [2.45, 2.75) is 96.9 Å². The molecule has 220 valence electrons. The second-order valence-electron chi connectivity index (χ2n) is 11.6. The van der Waals surface area contributed by atoms with Gasteiger partial charge in [0.15, 0.2) is 17.3 Å². The van der Waals surface area contributed by atoms with Crippen LogP contribution < -0.4 is 5.32 Å². The van der Waals surface area contributed by atoms with Crippen LogP contribution in [0, 0.1) is 17.8 Å². The molecular formula is C35H45NO5. The maximum Gasteiger partial charge on any atom is 0.224 e. The lowest BCUT2D eigenvalue weighted by atomic mass is 9.82. The summed E-state index contributed by atoms with van der Waals surface area (Å²) >= 11 is 0. The van der Waals surface area contributed by atoms with E-state index in [0.717, 1.165) is 44.1 Å². The lowest BCUT2D eigenvalue weighted by Crippen LogP contribution is -2.44. The molecule has 2 aromatic carbocycles. The van der Waals surface area contributed by atoms with Crippen molar-refractivity contribution in [3.05, 3.63) is 71.8 Å². The van der Waals surface area contributed by atoms with Crippen LogP contribution in [0.2, 0.25) is 0 Å². The summed E-state index contributed by atoms with van der Waals surface area (Å²) in [5.41, 5.74) is 1.46. The third-order valence-electron chi connectivity index (χ3n) is 8.26. The summed E-state index contributed by atoms with van der Waals surface area (Å²) in [6, 6.07) is 17.5. The Bertz CT molecular complexity index is 1150. The van der Waals surface area contributed by atoms with Gasteiger partial charge in [0.05, 0.1) is 6.04 Å². The van der Waals surface area contributed by atoms with Crippen LogP contribution in [0.25, 0.3) is 0 Å². The summed E-state index contributed by atoms with van der Waals surface area (Å²) in [6.45, 7) is 3.63. The Morgan fingerprint density at radius 1 is 0.829 bits per heavy atom. The molecule has 1 unspecified atom stereocenters. The van der Waals surface area contributed by atoms with Gasteiger partial charge in [-0.2, -0.15) is 0 Å². The quantitative estimate of drug-likeness (QED) is 0.176. The van der Waals surface area contributed by atoms with Gasteiger partial charge in [0.1, 0.15) is 0 Å². The number of benzene rings is 2. The Hall–Kier alpha value is -3.41. The molecule has 1 fully saturated rings. The number of hydrogen-bond donors (Lipinski definition) is 1. The first kappa shape index (κ1) is 32.1. The molecule has 0 heterocycles. The molecule has 0 aliphatic heterocycles. The van der Waals surface area contributed by atoms with Gasteiger partial charge in [-0.25, -0.2) is 0 Å². The van der Waals surface area contributed by atoms with Crippen molar-refractivity contribution in [3.63, 3.8) is 0 Å². The average molecular weight is 560 g/mol. The summed E-state index contributed by atoms with van der Waals surface area (Å²) < 4.78 is 0. The Morgan fingerprint density at radius 3 is 2.10 bits per heavy atom. The van der Waals surface area contributed by atoms with Gasteiger partial charge in [-0.1, -0.05) is 113 Å². The van der Waals surface area contributed by atoms with Crippen molar-refractivity contribution in [1.29, 1.82) is 0 Å². The number of carbonyl (C=O) groups excluding carboxylic acids is 5. The molecule has 0 aromatic heterocycles. The van der Waals surface area contributed by atoms with Crippen LogP contribution in [0.4, 0.5) is 0 Å². The normalized spacial score (nSPS) is 15.9. The van der Waals surface area contributed by atoms with Crippen LogP contribution >= 0.6 is 0 Å². The highest BCUT2D eigenvalue weighted by atomic mass is 16.2. The number of ketones is 4. The molecule has 41 heavy (non-hydrogen) atoms. The molecule has 0 spiro atoms. The molecule has 3 atom stereocenters. The van der Waals surface area contributed by atoms with Gasteiger partial charge in [0, 0.05) is 36.7 Å². The molecule has 6 heteroatoms. The fourth-order valence-corrected chi connectivity index (χ4v) is 5.71. The Morgan fingerprint density at radius 2 is 1.46 bits per heavy atom. The van der Waals surface area contributed by atoms with E-state index in [2.05, 4.69) is 5.32 Å². The number of carbonyl (C=O) groups is 5. The standard InChI is InChI=1S/C35H45NO5/c1-3-4-18-29(34(40)33(39)22-27-16-10-6-11-17-27)23-31(37)25(2)36-35(41)30(21-26-14-8-5-9-15-26)24-32(38)28-19-12-7-13-20-28/h5,7-9,12-15,19-20,25,27,29-30H,3-4,6,10-11,16-18,21-24H2,1-2H3,(H,36,41)/t25-,29?,30-/m0/s1. The Kier molecular flexibility index (Phi) is 13.1. The molecule has 1 N–H and O–H groups in total. The Labute approximate surface area is 244 Å². The summed E-state index contributed by atoms with van der Waals surface area (Å²) in [5, 5.41) is 2.82. The van der Waals surface area contributed by atoms with Gasteiger partial charge in [0.2, 0.25) is 11.7 Å². The van der Waals surface area contributed by atoms with Gasteiger partial charge in [0.25, 0.3) is 0 Å². The number of amides is 1. The lowest BCUT2D eigenvalue weighted by Gasteiger charge is -2.23. The average Bonchev–Trinajstić information content (AvgIpc) is 2.99. The smallest absolute Gasteiger partial charge is 0.224 e. The summed E-state index contributed by atoms with van der Waals surface area (Å²) in [4.78, 5) is 65.7. The van der Waals surface area contributed by atoms with E-state index < -0.39 is 23.7 Å². The number of hydrogen-bond acceptors (Lipinski definition) is 5. The van der Waals surface area contributed by atoms with Gasteiger partial charge < -0.3 is 5.32 Å². The minimum absolute atomic E-state index is 0.0128. The summed E-state index contributed by atoms with van der Waals surface area (Å²) in [6.07, 6.45) is 8.03. The molecule has 0 radical (unpaired) electrons. The summed E-state index contributed by atoms with van der Waals surface area (Å²) in [5.74, 6) is -2.62. The predicted molar refractivity (Wildman–Crippen MR) is 160 cm³/mol. The molecule has 2 aromatic rings. The molecule has 1 amide bonds. The van der Waals surface area contributed by atoms with E-state index in [-0.39, 0.29) is 48.4 Å². The van der Waals surface area contributed by atoms with Crippen molar-refractivity contribution < 1.29 is 24.0 Å². The molecular weight excluding hydrogens is 514 g/mol. The largest absolute Gasteiger partial charge is 0.346 e. The number of Topliss-reactive ketones (excluding diaryl/α,β-unsaturated/α-hetero) is 4. The first-order valence-corrected chi connectivity index (χ1v) is 15.3. The van der Waals surface area contributed by atoms with E-state index in [4.69, 9.17) is 0 Å². The monoisotopic (exact) mass is 559 g/mol. The highest BCUT2D eigenvalue weighted by Crippen LogP contribution is 2.28. The van der Waals surface area contributed by atoms with Crippen molar-refractivity contribution >= 4 is 29.0 Å². The topological polar surface area (TPSA) is 97.4 Å². The zero-order valence-corrected chi connectivity index (χ0v) is 24.6. The van der Waals surface area contributed by atoms with Gasteiger partial charge in [-0.3, -0.25) is 24.0 Å². The van der Waals surface area contributed by atoms with Crippen molar-refractivity contribution in [2.24, 2.45) is 17.8 Å². The number of rotatable bonds is 17. The minimum Gasteiger partial charge on any atom is -0.346 e. The molecule has 0 bridgehead atoms. The van der Waals surface area contributed by atoms with Crippen LogP contribution in [-0.2, 0) is 25.6 Å². The maximum absolute atomic E-state index is 13.4. The van der Waals surface area contributed by atoms with Crippen molar-refractivity contribution in [3.8, 4) is 0 Å². The van der Waals surface area contributed by atoms with E-state index >= 15 is 0 Å². The maximum atomic E-state index is 13.4. The van der Waals surface area contributed by atoms with Crippen molar-refractivity contribution in [2.75, 3.05) is 0 Å². The second-order valence-corrected chi connectivity index (χ2v) is 11.6. The summed E-state index contributed by atoms with van der Waals surface area (Å²) in [7, 11) is 0. The third-order valence-corrected chi connectivity index (χ3v) is 8.26. The molecule has 6 nitrogen and oxygen atoms in total. The van der Waals surface area contributed by atoms with E-state index in [1.165, 1.54) is 6.42 Å². The van der Waals surface area contributed by atoms with E-state index in [9.17, 15) is 24.0 Å². The zero-order chi connectivity index (χ0) is 29.6. The van der Waals surface area contributed by atoms with Gasteiger partial charge >= 0.3 is 0 Å². The van der Waals surface area contributed by atoms with Gasteiger partial charge in [-0.05, 0) is 31.2 Å². The van der Waals surface area contributed by atoms with E-state index in [1.54, 1.807) is 31.2 Å². The fraction of sp³-hybridized carbons (Fsp3) is 0.514. The van der Waals surface area contributed by atoms with Crippen LogP contribution in [0.15, 0.2) is 60.7 Å². The van der Waals surface area contributed by atoms with Crippen LogP contribution in [0.1, 0.15) is 100 Å². The SMILES string of the molecule is CCCCC(CC(=O)[C@H](C)NC(=O)[C@H](CC(=O)c1ccccc1)Cc1ccccc1)C(=O)C(=O)CC1CCCCC1. The molecule has 0 saturated heterocycles. The fourth-order valence-electron chi connectivity index (χ4n) is 5.71. The van der Waals surface area contributed by atoms with Crippen LogP contribution in [-0.4, -0.2) is 35.1 Å². The van der Waals surface area contributed by atoms with Crippen molar-refractivity contribution in [1.82, 2.24) is 5.32 Å². The number of unbranched alkanes of at least 4 members (excludes halogenated alkanes) is 1. The molecule has 1 aliphatic rings. The Balaban J connectivity index is 1.64. The third kappa shape index (κ3) is 10.5. The first-order chi connectivity index (χ1) is 19.8. The molecule has 1 saturated carbocycles. The van der Waals surface area contributed by atoms with E-state index in [0.29, 0.717) is 18.4 Å². The number of nitrogens with one attached hydrogen (secondary N) is 1. The first-order valence-electron chi connectivity index (χ1n) is 15.3. The lowest BCUT2D eigenvalue weighted by molar-refractivity contribution is -0.141. The van der Waals surface area contributed by atoms with Crippen LogP contribution in [0.5, 0.6) is 0 Å². The van der Waals surface area contributed by atoms with Gasteiger partial charge in [-0.15, -0.1) is 0 Å². The minimum atomic E-state index is -0.835. The molecule has 1 aliphatic carbocycles.